The zero-order valence-corrected chi connectivity index (χ0v) is 12.5. The fraction of sp³-hybridized carbons (Fsp3) is 0.562. The molecule has 3 N–H and O–H groups in total. The van der Waals surface area contributed by atoms with E-state index in [4.69, 9.17) is 18.0 Å². The van der Waals surface area contributed by atoms with Crippen LogP contribution in [0.3, 0.4) is 0 Å². The molecule has 108 valence electrons. The van der Waals surface area contributed by atoms with Gasteiger partial charge in [0, 0.05) is 11.6 Å². The Labute approximate surface area is 124 Å². The second kappa shape index (κ2) is 5.32. The molecule has 0 saturated heterocycles. The summed E-state index contributed by atoms with van der Waals surface area (Å²) < 4.78 is 14.1. The summed E-state index contributed by atoms with van der Waals surface area (Å²) >= 11 is 4.87. The first-order valence-electron chi connectivity index (χ1n) is 7.40. The van der Waals surface area contributed by atoms with Crippen LogP contribution < -0.4 is 11.1 Å². The van der Waals surface area contributed by atoms with Gasteiger partial charge in [-0.05, 0) is 62.1 Å². The van der Waals surface area contributed by atoms with Gasteiger partial charge in [0.15, 0.2) is 0 Å². The van der Waals surface area contributed by atoms with Crippen LogP contribution in [0.1, 0.15) is 38.2 Å². The molecule has 2 aliphatic rings. The average Bonchev–Trinajstić information content (AvgIpc) is 3.03. The maximum absolute atomic E-state index is 14.1. The topological polar surface area (TPSA) is 38.0 Å². The predicted molar refractivity (Wildman–Crippen MR) is 84.3 cm³/mol. The van der Waals surface area contributed by atoms with Crippen molar-refractivity contribution in [2.75, 3.05) is 5.32 Å². The Hall–Kier alpha value is -1.16. The Bertz CT molecular complexity index is 531. The largest absolute Gasteiger partial charge is 0.389 e. The van der Waals surface area contributed by atoms with E-state index in [1.54, 1.807) is 12.1 Å². The second-order valence-corrected chi connectivity index (χ2v) is 6.77. The van der Waals surface area contributed by atoms with Gasteiger partial charge >= 0.3 is 0 Å². The molecule has 3 rings (SSSR count). The van der Waals surface area contributed by atoms with E-state index in [0.717, 1.165) is 11.8 Å². The number of nitrogens with one attached hydrogen (secondary N) is 1. The van der Waals surface area contributed by atoms with Crippen LogP contribution in [0.25, 0.3) is 0 Å². The molecule has 2 fully saturated rings. The molecule has 0 aromatic heterocycles. The molecule has 2 saturated carbocycles. The third-order valence-electron chi connectivity index (χ3n) is 5.07. The number of fused-ring (bicyclic) bond motifs is 2. The molecule has 20 heavy (non-hydrogen) atoms. The maximum Gasteiger partial charge on any atom is 0.146 e. The van der Waals surface area contributed by atoms with Crippen LogP contribution in [0.5, 0.6) is 0 Å². The van der Waals surface area contributed by atoms with Crippen LogP contribution >= 0.6 is 12.2 Å². The minimum Gasteiger partial charge on any atom is -0.389 e. The molecule has 0 radical (unpaired) electrons. The monoisotopic (exact) mass is 292 g/mol. The van der Waals surface area contributed by atoms with Crippen LogP contribution in [-0.2, 0) is 0 Å². The fourth-order valence-corrected chi connectivity index (χ4v) is 4.17. The number of thiocarbonyl (C=S) groups is 1. The highest BCUT2D eigenvalue weighted by Gasteiger charge is 2.41. The van der Waals surface area contributed by atoms with Crippen molar-refractivity contribution in [1.82, 2.24) is 0 Å². The molecular weight excluding hydrogens is 271 g/mol. The summed E-state index contributed by atoms with van der Waals surface area (Å²) in [6, 6.07) is 5.25. The summed E-state index contributed by atoms with van der Waals surface area (Å²) in [5, 5.41) is 3.34. The second-order valence-electron chi connectivity index (χ2n) is 6.33. The van der Waals surface area contributed by atoms with Crippen molar-refractivity contribution in [3.63, 3.8) is 0 Å². The van der Waals surface area contributed by atoms with E-state index in [9.17, 15) is 4.39 Å². The lowest BCUT2D eigenvalue weighted by Crippen LogP contribution is -2.30. The van der Waals surface area contributed by atoms with Gasteiger partial charge in [0.05, 0.1) is 5.69 Å². The van der Waals surface area contributed by atoms with Crippen molar-refractivity contribution in [3.8, 4) is 0 Å². The van der Waals surface area contributed by atoms with Gasteiger partial charge in [0.1, 0.15) is 10.8 Å². The Balaban J connectivity index is 1.70. The first-order chi connectivity index (χ1) is 9.54. The molecule has 0 amide bonds. The van der Waals surface area contributed by atoms with Crippen molar-refractivity contribution < 1.29 is 4.39 Å². The minimum absolute atomic E-state index is 0.233. The maximum atomic E-state index is 14.1. The van der Waals surface area contributed by atoms with Crippen molar-refractivity contribution >= 4 is 22.9 Å². The predicted octanol–water partition coefficient (Wildman–Crippen LogP) is 3.70. The summed E-state index contributed by atoms with van der Waals surface area (Å²) in [7, 11) is 0. The van der Waals surface area contributed by atoms with Crippen LogP contribution in [0, 0.1) is 23.6 Å². The van der Waals surface area contributed by atoms with Gasteiger partial charge in [0.25, 0.3) is 0 Å². The lowest BCUT2D eigenvalue weighted by Gasteiger charge is -2.29. The lowest BCUT2D eigenvalue weighted by molar-refractivity contribution is 0.304. The Morgan fingerprint density at radius 2 is 2.20 bits per heavy atom. The highest BCUT2D eigenvalue weighted by Crippen LogP contribution is 2.49. The molecule has 2 nitrogen and oxygen atoms in total. The van der Waals surface area contributed by atoms with Crippen molar-refractivity contribution in [2.24, 2.45) is 23.5 Å². The van der Waals surface area contributed by atoms with Gasteiger partial charge in [0.2, 0.25) is 0 Å². The fourth-order valence-electron chi connectivity index (χ4n) is 4.04. The third-order valence-corrected chi connectivity index (χ3v) is 5.31. The SMILES string of the molecule is CC(Nc1ccc(C(N)=S)cc1F)C1CC2CCC1C2. The van der Waals surface area contributed by atoms with Gasteiger partial charge < -0.3 is 11.1 Å². The van der Waals surface area contributed by atoms with Crippen LogP contribution in [0.15, 0.2) is 18.2 Å². The van der Waals surface area contributed by atoms with Gasteiger partial charge in [-0.2, -0.15) is 0 Å². The van der Waals surface area contributed by atoms with E-state index in [0.29, 0.717) is 23.2 Å². The summed E-state index contributed by atoms with van der Waals surface area (Å²) in [6.07, 6.45) is 5.42. The van der Waals surface area contributed by atoms with Crippen molar-refractivity contribution in [3.05, 3.63) is 29.6 Å². The number of hydrogen-bond donors (Lipinski definition) is 2. The molecule has 1 aromatic rings. The molecule has 2 aliphatic carbocycles. The number of hydrogen-bond acceptors (Lipinski definition) is 2. The number of nitrogens with two attached hydrogens (primary N) is 1. The molecular formula is C16H21FN2S. The number of rotatable bonds is 4. The third kappa shape index (κ3) is 2.53. The Morgan fingerprint density at radius 3 is 2.75 bits per heavy atom. The summed E-state index contributed by atoms with van der Waals surface area (Å²) in [4.78, 5) is 0.233. The molecule has 0 heterocycles. The lowest BCUT2D eigenvalue weighted by atomic mass is 9.84. The summed E-state index contributed by atoms with van der Waals surface area (Å²) in [5.41, 5.74) is 6.65. The van der Waals surface area contributed by atoms with Crippen LogP contribution in [0.2, 0.25) is 0 Å². The van der Waals surface area contributed by atoms with Gasteiger partial charge in [-0.3, -0.25) is 0 Å². The van der Waals surface area contributed by atoms with Gasteiger partial charge in [-0.15, -0.1) is 0 Å². The highest BCUT2D eigenvalue weighted by molar-refractivity contribution is 7.80. The molecule has 0 spiro atoms. The molecule has 0 aliphatic heterocycles. The smallest absolute Gasteiger partial charge is 0.146 e. The van der Waals surface area contributed by atoms with Crippen LogP contribution in [0.4, 0.5) is 10.1 Å². The zero-order chi connectivity index (χ0) is 14.3. The first-order valence-corrected chi connectivity index (χ1v) is 7.81. The van der Waals surface area contributed by atoms with Crippen LogP contribution in [-0.4, -0.2) is 11.0 Å². The Morgan fingerprint density at radius 1 is 1.40 bits per heavy atom. The molecule has 1 aromatic carbocycles. The van der Waals surface area contributed by atoms with E-state index >= 15 is 0 Å². The average molecular weight is 292 g/mol. The van der Waals surface area contributed by atoms with Gasteiger partial charge in [-0.25, -0.2) is 4.39 Å². The van der Waals surface area contributed by atoms with Crippen molar-refractivity contribution in [1.29, 1.82) is 0 Å². The summed E-state index contributed by atoms with van der Waals surface area (Å²) in [5.74, 6) is 2.16. The summed E-state index contributed by atoms with van der Waals surface area (Å²) in [6.45, 7) is 2.17. The quantitative estimate of drug-likeness (QED) is 0.831. The zero-order valence-electron chi connectivity index (χ0n) is 11.7. The van der Waals surface area contributed by atoms with E-state index in [1.807, 2.05) is 0 Å². The van der Waals surface area contributed by atoms with E-state index in [-0.39, 0.29) is 10.8 Å². The molecule has 4 atom stereocenters. The number of benzene rings is 1. The molecule has 2 bridgehead atoms. The minimum atomic E-state index is -0.273. The van der Waals surface area contributed by atoms with Crippen molar-refractivity contribution in [2.45, 2.75) is 38.6 Å². The highest BCUT2D eigenvalue weighted by atomic mass is 32.1. The molecule has 4 heteroatoms. The molecule has 4 unspecified atom stereocenters. The van der Waals surface area contributed by atoms with Gasteiger partial charge in [-0.1, -0.05) is 18.6 Å². The standard InChI is InChI=1S/C16H21FN2S/c1-9(13-7-10-2-3-11(13)6-10)19-15-5-4-12(16(18)20)8-14(15)17/h4-5,8-11,13,19H,2-3,6-7H2,1H3,(H2,18,20). The Kier molecular flexibility index (Phi) is 3.67. The first kappa shape index (κ1) is 13.8. The van der Waals surface area contributed by atoms with E-state index < -0.39 is 0 Å². The number of halogens is 1. The van der Waals surface area contributed by atoms with E-state index in [1.165, 1.54) is 31.7 Å². The normalized spacial score (nSPS) is 29.4. The number of anilines is 1. The van der Waals surface area contributed by atoms with E-state index in [2.05, 4.69) is 12.2 Å².